The molecule has 0 aromatic heterocycles. The van der Waals surface area contributed by atoms with Crippen molar-refractivity contribution in [2.24, 2.45) is 10.00 Å². The Morgan fingerprint density at radius 3 is 1.29 bits per heavy atom. The molecule has 4 rings (SSSR count). The molecule has 1 aliphatic rings. The second-order valence-electron chi connectivity index (χ2n) is 6.00. The number of hydrogen-bond donors (Lipinski definition) is 0. The van der Waals surface area contributed by atoms with E-state index in [1.54, 1.807) is 0 Å². The third kappa shape index (κ3) is 1.69. The fourth-order valence-electron chi connectivity index (χ4n) is 3.77. The first-order chi connectivity index (χ1) is 11.8. The van der Waals surface area contributed by atoms with Crippen LogP contribution in [0.2, 0.25) is 0 Å². The summed E-state index contributed by atoms with van der Waals surface area (Å²) < 4.78 is 0. The first-order valence-corrected chi connectivity index (χ1v) is 10.3. The monoisotopic (exact) mass is 330 g/mol. The molecular weight excluding hydrogens is 311 g/mol. The Balaban J connectivity index is 2.18. The Hall–Kier alpha value is -2.57. The van der Waals surface area contributed by atoms with Gasteiger partial charge in [0.1, 0.15) is 0 Å². The van der Waals surface area contributed by atoms with Crippen LogP contribution in [0.5, 0.6) is 0 Å². The van der Waals surface area contributed by atoms with Gasteiger partial charge in [-0.05, 0) is 0 Å². The normalized spacial score (nSPS) is 21.8. The van der Waals surface area contributed by atoms with Crippen molar-refractivity contribution in [2.75, 3.05) is 0 Å². The Morgan fingerprint density at radius 2 is 1.04 bits per heavy atom. The quantitative estimate of drug-likeness (QED) is 0.500. The molecule has 1 heterocycles. The van der Waals surface area contributed by atoms with E-state index in [4.69, 9.17) is 4.88 Å². The third-order valence-electron chi connectivity index (χ3n) is 4.92. The summed E-state index contributed by atoms with van der Waals surface area (Å²) in [7, 11) is 0. The first-order valence-electron chi connectivity index (χ1n) is 8.06. The summed E-state index contributed by atoms with van der Waals surface area (Å²) in [6, 6.07) is 31.8. The summed E-state index contributed by atoms with van der Waals surface area (Å²) in [5.41, 5.74) is 0. The number of rotatable bonds is 4. The van der Waals surface area contributed by atoms with Crippen LogP contribution in [0.15, 0.2) is 114 Å². The second-order valence-corrected chi connectivity index (χ2v) is 10.5. The van der Waals surface area contributed by atoms with Crippen LogP contribution in [-0.2, 0) is 0 Å². The number of nitrogens with zero attached hydrogens (tertiary/aromatic N) is 2. The van der Waals surface area contributed by atoms with Gasteiger partial charge in [-0.1, -0.05) is 0 Å². The zero-order valence-electron chi connectivity index (χ0n) is 13.4. The molecule has 0 fully saturated rings. The maximum absolute atomic E-state index is 4.98. The van der Waals surface area contributed by atoms with Crippen LogP contribution < -0.4 is 15.9 Å². The van der Waals surface area contributed by atoms with Gasteiger partial charge in [-0.15, -0.1) is 0 Å². The van der Waals surface area contributed by atoms with Gasteiger partial charge >= 0.3 is 142 Å². The van der Waals surface area contributed by atoms with Crippen molar-refractivity contribution in [3.8, 4) is 0 Å². The molecule has 3 aromatic carbocycles. The minimum atomic E-state index is -3.02. The summed E-state index contributed by atoms with van der Waals surface area (Å²) in [6.07, 6.45) is 1.96. The zero-order valence-corrected chi connectivity index (χ0v) is 14.3. The van der Waals surface area contributed by atoms with E-state index >= 15 is 0 Å². The summed E-state index contributed by atoms with van der Waals surface area (Å²) >= 11 is 0. The molecule has 24 heavy (non-hydrogen) atoms. The molecule has 0 amide bonds. The van der Waals surface area contributed by atoms with E-state index < -0.39 is 6.75 Å². The summed E-state index contributed by atoms with van der Waals surface area (Å²) in [6.45, 7) is 1.06. The van der Waals surface area contributed by atoms with Crippen molar-refractivity contribution >= 4 is 22.7 Å². The van der Waals surface area contributed by atoms with Crippen molar-refractivity contribution < 1.29 is 0 Å². The van der Waals surface area contributed by atoms with Crippen LogP contribution in [0.1, 0.15) is 0 Å². The molecule has 0 aliphatic carbocycles. The summed E-state index contributed by atoms with van der Waals surface area (Å²) in [5, 5.41) is 8.22. The van der Waals surface area contributed by atoms with E-state index in [0.717, 1.165) is 0 Å². The standard InChI is InChI=1S/C21H19N2P/c1-2-21-22-23-24(21,18-12-6-3-7-13-18,19-14-8-4-9-15-19)20-16-10-5-11-17-20/h2-17,21H,1H2. The molecule has 0 spiro atoms. The fourth-order valence-corrected chi connectivity index (χ4v) is 9.16. The van der Waals surface area contributed by atoms with Gasteiger partial charge in [0.25, 0.3) is 0 Å². The Kier molecular flexibility index (Phi) is 3.44. The van der Waals surface area contributed by atoms with E-state index in [0.29, 0.717) is 0 Å². The van der Waals surface area contributed by atoms with E-state index in [2.05, 4.69) is 84.5 Å². The molecule has 0 saturated carbocycles. The summed E-state index contributed by atoms with van der Waals surface area (Å²) in [5.74, 6) is -0.0248. The van der Waals surface area contributed by atoms with Gasteiger partial charge in [0, 0.05) is 0 Å². The Morgan fingerprint density at radius 1 is 0.667 bits per heavy atom. The second kappa shape index (κ2) is 5.51. The van der Waals surface area contributed by atoms with Crippen molar-refractivity contribution in [2.45, 2.75) is 5.78 Å². The van der Waals surface area contributed by atoms with Gasteiger partial charge in [-0.3, -0.25) is 0 Å². The molecule has 0 saturated heterocycles. The molecule has 1 unspecified atom stereocenters. The predicted molar refractivity (Wildman–Crippen MR) is 104 cm³/mol. The van der Waals surface area contributed by atoms with Crippen LogP contribution in [0.25, 0.3) is 0 Å². The molecule has 2 nitrogen and oxygen atoms in total. The molecule has 1 atom stereocenters. The first kappa shape index (κ1) is 15.0. The molecule has 3 aromatic rings. The Bertz CT molecular complexity index is 789. The molecule has 0 bridgehead atoms. The van der Waals surface area contributed by atoms with E-state index in [1.165, 1.54) is 15.9 Å². The van der Waals surface area contributed by atoms with Gasteiger partial charge in [-0.2, -0.15) is 0 Å². The minimum absolute atomic E-state index is 0.0248. The van der Waals surface area contributed by atoms with Crippen molar-refractivity contribution in [3.05, 3.63) is 104 Å². The molecule has 0 N–H and O–H groups in total. The van der Waals surface area contributed by atoms with Crippen LogP contribution in [0.3, 0.4) is 0 Å². The van der Waals surface area contributed by atoms with Gasteiger partial charge < -0.3 is 0 Å². The number of benzene rings is 3. The number of hydrogen-bond acceptors (Lipinski definition) is 2. The van der Waals surface area contributed by atoms with Crippen molar-refractivity contribution in [1.29, 1.82) is 0 Å². The van der Waals surface area contributed by atoms with Crippen molar-refractivity contribution in [1.82, 2.24) is 0 Å². The Labute approximate surface area is 142 Å². The van der Waals surface area contributed by atoms with Crippen molar-refractivity contribution in [3.63, 3.8) is 0 Å². The average Bonchev–Trinajstić information content (AvgIpc) is 2.65. The van der Waals surface area contributed by atoms with E-state index in [9.17, 15) is 0 Å². The predicted octanol–water partition coefficient (Wildman–Crippen LogP) is 4.41. The van der Waals surface area contributed by atoms with Gasteiger partial charge in [0.15, 0.2) is 0 Å². The molecule has 118 valence electrons. The topological polar surface area (TPSA) is 24.7 Å². The van der Waals surface area contributed by atoms with E-state index in [-0.39, 0.29) is 5.78 Å². The third-order valence-corrected chi connectivity index (χ3v) is 10.8. The fraction of sp³-hybridized carbons (Fsp3) is 0.0476. The average molecular weight is 330 g/mol. The van der Waals surface area contributed by atoms with Gasteiger partial charge in [0.05, 0.1) is 0 Å². The van der Waals surface area contributed by atoms with Crippen LogP contribution >= 0.6 is 6.75 Å². The van der Waals surface area contributed by atoms with Crippen LogP contribution in [-0.4, -0.2) is 5.78 Å². The maximum atomic E-state index is 4.98. The molecule has 1 aliphatic heterocycles. The zero-order chi connectivity index (χ0) is 16.5. The molecule has 0 radical (unpaired) electrons. The molecule has 3 heteroatoms. The van der Waals surface area contributed by atoms with Gasteiger partial charge in [-0.25, -0.2) is 0 Å². The van der Waals surface area contributed by atoms with E-state index in [1.807, 2.05) is 24.3 Å². The summed E-state index contributed by atoms with van der Waals surface area (Å²) in [4.78, 5) is 4.98. The van der Waals surface area contributed by atoms with Gasteiger partial charge in [0.2, 0.25) is 0 Å². The molecular formula is C21H19N2P. The van der Waals surface area contributed by atoms with Crippen LogP contribution in [0.4, 0.5) is 0 Å². The SMILES string of the molecule is C=CC1N=NP1(c1ccccc1)(c1ccccc1)c1ccccc1. The van der Waals surface area contributed by atoms with Crippen LogP contribution in [0, 0.1) is 0 Å².